The molecule has 0 amide bonds. The minimum absolute atomic E-state index is 0.180. The van der Waals surface area contributed by atoms with E-state index in [1.165, 1.54) is 0 Å². The molecule has 0 fully saturated rings. The maximum atomic E-state index is 8.45. The lowest BCUT2D eigenvalue weighted by atomic mass is 10.3. The van der Waals surface area contributed by atoms with Gasteiger partial charge in [0.1, 0.15) is 0 Å². The Hall–Kier alpha value is -0.570. The van der Waals surface area contributed by atoms with Crippen molar-refractivity contribution >= 4 is 5.84 Å². The Bertz CT molecular complexity index is 104. The maximum Gasteiger partial charge on any atom is 0.0955 e. The van der Waals surface area contributed by atoms with Gasteiger partial charge in [-0.05, 0) is 13.3 Å². The molecule has 0 aromatic rings. The Morgan fingerprint density at radius 2 is 2.20 bits per heavy atom. The minimum Gasteiger partial charge on any atom is -0.396 e. The summed E-state index contributed by atoms with van der Waals surface area (Å²) in [7, 11) is 1.89. The molecule has 0 spiro atoms. The molecule has 0 aliphatic heterocycles. The molecular weight excluding hydrogens is 128 g/mol. The number of hydrogen-bond donors (Lipinski definition) is 2. The van der Waals surface area contributed by atoms with E-state index in [4.69, 9.17) is 10.5 Å². The molecule has 0 saturated heterocycles. The maximum absolute atomic E-state index is 8.45. The Labute approximate surface area is 62.2 Å². The van der Waals surface area contributed by atoms with Crippen molar-refractivity contribution in [3.05, 3.63) is 0 Å². The van der Waals surface area contributed by atoms with Gasteiger partial charge >= 0.3 is 0 Å². The van der Waals surface area contributed by atoms with Crippen molar-refractivity contribution in [2.45, 2.75) is 19.8 Å². The van der Waals surface area contributed by atoms with Gasteiger partial charge in [0.2, 0.25) is 0 Å². The normalized spacial score (nSPS) is 9.50. The average molecular weight is 144 g/mol. The summed E-state index contributed by atoms with van der Waals surface area (Å²) < 4.78 is 0. The Morgan fingerprint density at radius 1 is 1.60 bits per heavy atom. The Morgan fingerprint density at radius 3 is 2.60 bits per heavy atom. The van der Waals surface area contributed by atoms with E-state index in [0.717, 1.165) is 6.54 Å². The van der Waals surface area contributed by atoms with Crippen molar-refractivity contribution in [1.29, 1.82) is 5.41 Å². The van der Waals surface area contributed by atoms with Crippen LogP contribution in [-0.4, -0.2) is 36.0 Å². The van der Waals surface area contributed by atoms with Crippen LogP contribution in [0.1, 0.15) is 19.8 Å². The summed E-state index contributed by atoms with van der Waals surface area (Å²) in [4.78, 5) is 1.87. The molecule has 0 aromatic carbocycles. The van der Waals surface area contributed by atoms with Crippen LogP contribution in [-0.2, 0) is 0 Å². The lowest BCUT2D eigenvalue weighted by Gasteiger charge is -2.16. The van der Waals surface area contributed by atoms with E-state index in [2.05, 4.69) is 0 Å². The molecule has 3 nitrogen and oxygen atoms in total. The lowest BCUT2D eigenvalue weighted by molar-refractivity contribution is 0.289. The molecule has 0 heterocycles. The van der Waals surface area contributed by atoms with Gasteiger partial charge < -0.3 is 10.0 Å². The summed E-state index contributed by atoms with van der Waals surface area (Å²) in [5, 5.41) is 15.9. The molecule has 0 aliphatic carbocycles. The van der Waals surface area contributed by atoms with Crippen LogP contribution < -0.4 is 0 Å². The van der Waals surface area contributed by atoms with Gasteiger partial charge in [0, 0.05) is 26.6 Å². The van der Waals surface area contributed by atoms with E-state index in [-0.39, 0.29) is 6.61 Å². The van der Waals surface area contributed by atoms with Crippen LogP contribution in [0.3, 0.4) is 0 Å². The topological polar surface area (TPSA) is 47.3 Å². The fourth-order valence-corrected chi connectivity index (χ4v) is 0.628. The second kappa shape index (κ2) is 5.23. The molecule has 0 saturated carbocycles. The summed E-state index contributed by atoms with van der Waals surface area (Å²) >= 11 is 0. The zero-order valence-corrected chi connectivity index (χ0v) is 6.72. The highest BCUT2D eigenvalue weighted by molar-refractivity contribution is 5.78. The van der Waals surface area contributed by atoms with Gasteiger partial charge in [-0.3, -0.25) is 5.41 Å². The second-order valence-electron chi connectivity index (χ2n) is 2.29. The van der Waals surface area contributed by atoms with Gasteiger partial charge in [-0.25, -0.2) is 0 Å². The average Bonchev–Trinajstić information content (AvgIpc) is 1.98. The standard InChI is InChI=1S/C7H16N2O/c1-3-9(2)7(8)5-4-6-10/h8,10H,3-6H2,1-2H3. The van der Waals surface area contributed by atoms with Gasteiger partial charge in [0.15, 0.2) is 0 Å². The third-order valence-electron chi connectivity index (χ3n) is 1.51. The molecular formula is C7H16N2O. The highest BCUT2D eigenvalue weighted by Crippen LogP contribution is 1.93. The fraction of sp³-hybridized carbons (Fsp3) is 0.857. The van der Waals surface area contributed by atoms with Crippen LogP contribution in [0.5, 0.6) is 0 Å². The summed E-state index contributed by atoms with van der Waals surface area (Å²) in [5.74, 6) is 0.608. The van der Waals surface area contributed by atoms with Gasteiger partial charge in [-0.1, -0.05) is 0 Å². The van der Waals surface area contributed by atoms with Crippen molar-refractivity contribution in [3.63, 3.8) is 0 Å². The van der Waals surface area contributed by atoms with Crippen LogP contribution in [0, 0.1) is 5.41 Å². The molecule has 10 heavy (non-hydrogen) atoms. The SMILES string of the molecule is CCN(C)C(=N)CCCO. The molecule has 0 aliphatic rings. The van der Waals surface area contributed by atoms with Crippen molar-refractivity contribution in [1.82, 2.24) is 4.90 Å². The summed E-state index contributed by atoms with van der Waals surface area (Å²) in [5.41, 5.74) is 0. The van der Waals surface area contributed by atoms with Crippen LogP contribution in [0.4, 0.5) is 0 Å². The van der Waals surface area contributed by atoms with Gasteiger partial charge in [-0.2, -0.15) is 0 Å². The molecule has 0 bridgehead atoms. The number of aliphatic hydroxyl groups is 1. The fourth-order valence-electron chi connectivity index (χ4n) is 0.628. The first-order valence-corrected chi connectivity index (χ1v) is 3.61. The highest BCUT2D eigenvalue weighted by atomic mass is 16.2. The number of amidine groups is 1. The smallest absolute Gasteiger partial charge is 0.0955 e. The van der Waals surface area contributed by atoms with E-state index in [1.54, 1.807) is 0 Å². The van der Waals surface area contributed by atoms with Crippen molar-refractivity contribution < 1.29 is 5.11 Å². The summed E-state index contributed by atoms with van der Waals surface area (Å²) in [6.07, 6.45) is 1.38. The number of hydrogen-bond acceptors (Lipinski definition) is 2. The first-order chi connectivity index (χ1) is 4.72. The van der Waals surface area contributed by atoms with Gasteiger partial charge in [0.05, 0.1) is 5.84 Å². The third-order valence-corrected chi connectivity index (χ3v) is 1.51. The minimum atomic E-state index is 0.180. The summed E-state index contributed by atoms with van der Waals surface area (Å²) in [6, 6.07) is 0. The largest absolute Gasteiger partial charge is 0.396 e. The first-order valence-electron chi connectivity index (χ1n) is 3.61. The highest BCUT2D eigenvalue weighted by Gasteiger charge is 1.99. The number of nitrogens with one attached hydrogen (secondary N) is 1. The zero-order valence-electron chi connectivity index (χ0n) is 6.72. The van der Waals surface area contributed by atoms with Crippen molar-refractivity contribution in [2.24, 2.45) is 0 Å². The molecule has 2 N–H and O–H groups in total. The number of rotatable bonds is 4. The molecule has 3 heteroatoms. The molecule has 0 unspecified atom stereocenters. The van der Waals surface area contributed by atoms with E-state index in [0.29, 0.717) is 18.7 Å². The molecule has 0 aromatic heterocycles. The second-order valence-corrected chi connectivity index (χ2v) is 2.29. The molecule has 0 atom stereocenters. The molecule has 0 radical (unpaired) electrons. The van der Waals surface area contributed by atoms with E-state index in [1.807, 2.05) is 18.9 Å². The van der Waals surface area contributed by atoms with Crippen LogP contribution >= 0.6 is 0 Å². The van der Waals surface area contributed by atoms with Crippen LogP contribution in [0.2, 0.25) is 0 Å². The quantitative estimate of drug-likeness (QED) is 0.450. The van der Waals surface area contributed by atoms with Crippen molar-refractivity contribution in [3.8, 4) is 0 Å². The van der Waals surface area contributed by atoms with E-state index >= 15 is 0 Å². The molecule has 60 valence electrons. The Balaban J connectivity index is 3.42. The number of aliphatic hydroxyl groups excluding tert-OH is 1. The van der Waals surface area contributed by atoms with E-state index in [9.17, 15) is 0 Å². The first kappa shape index (κ1) is 9.43. The predicted molar refractivity (Wildman–Crippen MR) is 42.4 cm³/mol. The van der Waals surface area contributed by atoms with Crippen LogP contribution in [0.25, 0.3) is 0 Å². The molecule has 0 rings (SSSR count). The van der Waals surface area contributed by atoms with Crippen LogP contribution in [0.15, 0.2) is 0 Å². The van der Waals surface area contributed by atoms with E-state index < -0.39 is 0 Å². The zero-order chi connectivity index (χ0) is 7.98. The monoisotopic (exact) mass is 144 g/mol. The summed E-state index contributed by atoms with van der Waals surface area (Å²) in [6.45, 7) is 3.05. The lowest BCUT2D eigenvalue weighted by Crippen LogP contribution is -2.25. The number of nitrogens with zero attached hydrogens (tertiary/aromatic N) is 1. The Kier molecular flexibility index (Phi) is 4.94. The third kappa shape index (κ3) is 3.45. The van der Waals surface area contributed by atoms with Gasteiger partial charge in [-0.15, -0.1) is 0 Å². The van der Waals surface area contributed by atoms with Gasteiger partial charge in [0.25, 0.3) is 0 Å². The predicted octanol–water partition coefficient (Wildman–Crippen LogP) is 0.688. The van der Waals surface area contributed by atoms with Crippen molar-refractivity contribution in [2.75, 3.05) is 20.2 Å².